The monoisotopic (exact) mass is 248 g/mol. The highest BCUT2D eigenvalue weighted by Crippen LogP contribution is 2.19. The van der Waals surface area contributed by atoms with Gasteiger partial charge in [0.2, 0.25) is 0 Å². The van der Waals surface area contributed by atoms with Crippen LogP contribution in [0.2, 0.25) is 0 Å². The number of ether oxygens (including phenoxy) is 1. The van der Waals surface area contributed by atoms with Crippen molar-refractivity contribution in [2.24, 2.45) is 5.92 Å². The number of nitrogens with one attached hydrogen (secondary N) is 1. The minimum atomic E-state index is 0.897. The second kappa shape index (κ2) is 6.64. The molecule has 1 heterocycles. The van der Waals surface area contributed by atoms with Gasteiger partial charge in [-0.3, -0.25) is 0 Å². The van der Waals surface area contributed by atoms with Gasteiger partial charge in [-0.15, -0.1) is 0 Å². The molecule has 1 atom stereocenters. The molecule has 0 saturated carbocycles. The van der Waals surface area contributed by atoms with E-state index in [2.05, 4.69) is 29.4 Å². The molecule has 1 saturated heterocycles. The molecular formula is C15H24N2O. The Hall–Kier alpha value is -1.22. The Morgan fingerprint density at radius 1 is 1.33 bits per heavy atom. The van der Waals surface area contributed by atoms with Gasteiger partial charge in [0.15, 0.2) is 0 Å². The Labute approximate surface area is 110 Å². The van der Waals surface area contributed by atoms with E-state index in [9.17, 15) is 0 Å². The average Bonchev–Trinajstić information content (AvgIpc) is 2.92. The van der Waals surface area contributed by atoms with Crippen molar-refractivity contribution in [2.75, 3.05) is 38.7 Å². The van der Waals surface area contributed by atoms with E-state index in [-0.39, 0.29) is 0 Å². The Balaban J connectivity index is 1.74. The molecule has 1 aromatic carbocycles. The first-order valence-electron chi connectivity index (χ1n) is 6.85. The number of benzene rings is 1. The Morgan fingerprint density at radius 2 is 2.11 bits per heavy atom. The van der Waals surface area contributed by atoms with Crippen molar-refractivity contribution in [2.45, 2.75) is 19.3 Å². The maximum absolute atomic E-state index is 5.17. The van der Waals surface area contributed by atoms with Crippen LogP contribution in [-0.4, -0.2) is 33.8 Å². The van der Waals surface area contributed by atoms with Crippen LogP contribution in [0.15, 0.2) is 24.3 Å². The smallest absolute Gasteiger partial charge is 0.119 e. The maximum atomic E-state index is 5.17. The standard InChI is InChI=1S/C15H24N2O/c1-17(11-3-4-13-9-10-16-12-13)14-5-7-15(18-2)8-6-14/h5-8,13,16H,3-4,9-12H2,1-2H3. The normalized spacial score (nSPS) is 18.9. The largest absolute Gasteiger partial charge is 0.497 e. The molecule has 0 amide bonds. The van der Waals surface area contributed by atoms with E-state index >= 15 is 0 Å². The number of methoxy groups -OCH3 is 1. The summed E-state index contributed by atoms with van der Waals surface area (Å²) in [6.07, 6.45) is 3.97. The van der Waals surface area contributed by atoms with Gasteiger partial charge < -0.3 is 15.0 Å². The lowest BCUT2D eigenvalue weighted by atomic mass is 10.0. The number of rotatable bonds is 6. The van der Waals surface area contributed by atoms with Crippen molar-refractivity contribution in [3.8, 4) is 5.75 Å². The third-order valence-corrected chi connectivity index (χ3v) is 3.78. The van der Waals surface area contributed by atoms with E-state index in [1.807, 2.05) is 12.1 Å². The molecule has 0 radical (unpaired) electrons. The quantitative estimate of drug-likeness (QED) is 0.837. The average molecular weight is 248 g/mol. The number of hydrogen-bond acceptors (Lipinski definition) is 3. The molecule has 1 aliphatic rings. The van der Waals surface area contributed by atoms with Gasteiger partial charge in [-0.05, 0) is 62.5 Å². The molecule has 1 N–H and O–H groups in total. The number of anilines is 1. The molecular weight excluding hydrogens is 224 g/mol. The van der Waals surface area contributed by atoms with E-state index in [0.29, 0.717) is 0 Å². The molecule has 3 heteroatoms. The molecule has 18 heavy (non-hydrogen) atoms. The van der Waals surface area contributed by atoms with Crippen LogP contribution in [0.4, 0.5) is 5.69 Å². The lowest BCUT2D eigenvalue weighted by Crippen LogP contribution is -2.19. The fourth-order valence-corrected chi connectivity index (χ4v) is 2.54. The summed E-state index contributed by atoms with van der Waals surface area (Å²) in [5, 5.41) is 3.43. The highest BCUT2D eigenvalue weighted by molar-refractivity contribution is 5.48. The second-order valence-electron chi connectivity index (χ2n) is 5.12. The molecule has 3 nitrogen and oxygen atoms in total. The van der Waals surface area contributed by atoms with Gasteiger partial charge in [0.05, 0.1) is 7.11 Å². The van der Waals surface area contributed by atoms with Crippen LogP contribution >= 0.6 is 0 Å². The van der Waals surface area contributed by atoms with Crippen LogP contribution in [0.25, 0.3) is 0 Å². The molecule has 2 rings (SSSR count). The summed E-state index contributed by atoms with van der Waals surface area (Å²) in [5.41, 5.74) is 1.26. The molecule has 0 spiro atoms. The van der Waals surface area contributed by atoms with Crippen LogP contribution in [0.1, 0.15) is 19.3 Å². The van der Waals surface area contributed by atoms with Crippen LogP contribution < -0.4 is 15.0 Å². The van der Waals surface area contributed by atoms with Crippen molar-refractivity contribution < 1.29 is 4.74 Å². The van der Waals surface area contributed by atoms with Crippen molar-refractivity contribution >= 4 is 5.69 Å². The molecule has 1 aliphatic heterocycles. The van der Waals surface area contributed by atoms with Gasteiger partial charge in [-0.2, -0.15) is 0 Å². The maximum Gasteiger partial charge on any atom is 0.119 e. The van der Waals surface area contributed by atoms with Gasteiger partial charge in [-0.1, -0.05) is 0 Å². The summed E-state index contributed by atoms with van der Waals surface area (Å²) in [7, 11) is 3.86. The topological polar surface area (TPSA) is 24.5 Å². The second-order valence-corrected chi connectivity index (χ2v) is 5.12. The summed E-state index contributed by atoms with van der Waals surface area (Å²) in [5.74, 6) is 1.82. The molecule has 0 aliphatic carbocycles. The van der Waals surface area contributed by atoms with Crippen molar-refractivity contribution in [3.63, 3.8) is 0 Å². The van der Waals surface area contributed by atoms with Gasteiger partial charge in [0.25, 0.3) is 0 Å². The van der Waals surface area contributed by atoms with Gasteiger partial charge in [-0.25, -0.2) is 0 Å². The van der Waals surface area contributed by atoms with Gasteiger partial charge in [0, 0.05) is 19.3 Å². The zero-order valence-electron chi connectivity index (χ0n) is 11.5. The summed E-state index contributed by atoms with van der Waals surface area (Å²) in [4.78, 5) is 2.32. The molecule has 1 aromatic rings. The lowest BCUT2D eigenvalue weighted by Gasteiger charge is -2.20. The van der Waals surface area contributed by atoms with Crippen LogP contribution in [-0.2, 0) is 0 Å². The van der Waals surface area contributed by atoms with E-state index < -0.39 is 0 Å². The SMILES string of the molecule is COc1ccc(N(C)CCCC2CCNC2)cc1. The minimum absolute atomic E-state index is 0.897. The highest BCUT2D eigenvalue weighted by Gasteiger charge is 2.13. The molecule has 1 fully saturated rings. The van der Waals surface area contributed by atoms with Gasteiger partial charge >= 0.3 is 0 Å². The summed E-state index contributed by atoms with van der Waals surface area (Å²) >= 11 is 0. The first kappa shape index (κ1) is 13.2. The van der Waals surface area contributed by atoms with Crippen LogP contribution in [0.5, 0.6) is 5.75 Å². The zero-order chi connectivity index (χ0) is 12.8. The predicted octanol–water partition coefficient (Wildman–Crippen LogP) is 2.52. The highest BCUT2D eigenvalue weighted by atomic mass is 16.5. The Morgan fingerprint density at radius 3 is 2.72 bits per heavy atom. The molecule has 1 unspecified atom stereocenters. The minimum Gasteiger partial charge on any atom is -0.497 e. The molecule has 0 aromatic heterocycles. The summed E-state index contributed by atoms with van der Waals surface area (Å²) < 4.78 is 5.17. The third kappa shape index (κ3) is 3.64. The summed E-state index contributed by atoms with van der Waals surface area (Å²) in [6.45, 7) is 3.55. The van der Waals surface area contributed by atoms with E-state index in [1.165, 1.54) is 38.0 Å². The third-order valence-electron chi connectivity index (χ3n) is 3.78. The van der Waals surface area contributed by atoms with Crippen molar-refractivity contribution in [1.29, 1.82) is 0 Å². The van der Waals surface area contributed by atoms with Crippen molar-refractivity contribution in [1.82, 2.24) is 5.32 Å². The Kier molecular flexibility index (Phi) is 4.88. The van der Waals surface area contributed by atoms with Crippen molar-refractivity contribution in [3.05, 3.63) is 24.3 Å². The Bertz CT molecular complexity index is 344. The van der Waals surface area contributed by atoms with E-state index in [0.717, 1.165) is 18.2 Å². The first-order valence-corrected chi connectivity index (χ1v) is 6.85. The fourth-order valence-electron chi connectivity index (χ4n) is 2.54. The predicted molar refractivity (Wildman–Crippen MR) is 76.5 cm³/mol. The van der Waals surface area contributed by atoms with Crippen LogP contribution in [0.3, 0.4) is 0 Å². The van der Waals surface area contributed by atoms with Crippen LogP contribution in [0, 0.1) is 5.92 Å². The first-order chi connectivity index (χ1) is 8.79. The number of hydrogen-bond donors (Lipinski definition) is 1. The molecule has 100 valence electrons. The van der Waals surface area contributed by atoms with Gasteiger partial charge in [0.1, 0.15) is 5.75 Å². The zero-order valence-corrected chi connectivity index (χ0v) is 11.5. The van der Waals surface area contributed by atoms with E-state index in [1.54, 1.807) is 7.11 Å². The fraction of sp³-hybridized carbons (Fsp3) is 0.600. The lowest BCUT2D eigenvalue weighted by molar-refractivity contribution is 0.415. The number of nitrogens with zero attached hydrogens (tertiary/aromatic N) is 1. The summed E-state index contributed by atoms with van der Waals surface area (Å²) in [6, 6.07) is 8.28. The van der Waals surface area contributed by atoms with E-state index in [4.69, 9.17) is 4.74 Å². The molecule has 0 bridgehead atoms.